The molecule has 4 rings (SSSR count). The van der Waals surface area contributed by atoms with Crippen LogP contribution in [0.5, 0.6) is 0 Å². The number of nitrogens with zero attached hydrogens (tertiary/aromatic N) is 1. The van der Waals surface area contributed by atoms with E-state index in [0.717, 1.165) is 12.8 Å². The van der Waals surface area contributed by atoms with Crippen molar-refractivity contribution < 1.29 is 4.57 Å². The molecule has 0 fully saturated rings. The average Bonchev–Trinajstić information content (AvgIpc) is 2.72. The summed E-state index contributed by atoms with van der Waals surface area (Å²) in [5.41, 5.74) is 6.01. The molecule has 0 saturated carbocycles. The summed E-state index contributed by atoms with van der Waals surface area (Å²) in [6.45, 7) is 9.40. The van der Waals surface area contributed by atoms with Crippen molar-refractivity contribution in [3.8, 4) is 11.3 Å². The zero-order valence-corrected chi connectivity index (χ0v) is 17.3. The van der Waals surface area contributed by atoms with Gasteiger partial charge < -0.3 is 0 Å². The van der Waals surface area contributed by atoms with E-state index >= 15 is 0 Å². The molecule has 1 heteroatoms. The molecule has 0 radical (unpaired) electrons. The van der Waals surface area contributed by atoms with E-state index in [9.17, 15) is 0 Å². The second-order valence-electron chi connectivity index (χ2n) is 8.13. The lowest BCUT2D eigenvalue weighted by molar-refractivity contribution is -0.762. The zero-order valence-electron chi connectivity index (χ0n) is 17.3. The van der Waals surface area contributed by atoms with Crippen molar-refractivity contribution in [2.75, 3.05) is 0 Å². The molecule has 1 nitrogen and oxygen atoms in total. The molecule has 0 aliphatic carbocycles. The number of fused-ring (bicyclic) bond motifs is 5. The van der Waals surface area contributed by atoms with E-state index < -0.39 is 0 Å². The minimum Gasteiger partial charge on any atom is -0.192 e. The predicted molar refractivity (Wildman–Crippen MR) is 115 cm³/mol. The molecule has 1 aliphatic rings. The third-order valence-corrected chi connectivity index (χ3v) is 7.08. The third-order valence-electron chi connectivity index (χ3n) is 7.08. The van der Waals surface area contributed by atoms with Crippen molar-refractivity contribution in [2.45, 2.75) is 71.3 Å². The molecule has 140 valence electrons. The van der Waals surface area contributed by atoms with Crippen molar-refractivity contribution in [1.82, 2.24) is 0 Å². The third kappa shape index (κ3) is 2.63. The minimum atomic E-state index is 0.164. The zero-order chi connectivity index (χ0) is 19.0. The van der Waals surface area contributed by atoms with Gasteiger partial charge in [-0.15, -0.1) is 0 Å². The fourth-order valence-corrected chi connectivity index (χ4v) is 5.41. The van der Waals surface area contributed by atoms with Gasteiger partial charge in [-0.1, -0.05) is 64.4 Å². The van der Waals surface area contributed by atoms with Crippen LogP contribution in [-0.2, 0) is 12.0 Å². The Bertz CT molecular complexity index is 965. The van der Waals surface area contributed by atoms with Crippen LogP contribution < -0.4 is 4.57 Å². The van der Waals surface area contributed by atoms with Crippen molar-refractivity contribution in [2.24, 2.45) is 0 Å². The standard InChI is InChI=1S/C26H32N/c1-5-8-12-20-13-11-14-23-22(20)17-16-21-19(4)26(6-2,7-3)27-18-10-9-15-24(27)25(21)23/h9-11,13-19H,5-8,12H2,1-4H3/q+1. The number of hydrogen-bond donors (Lipinski definition) is 0. The minimum absolute atomic E-state index is 0.164. The van der Waals surface area contributed by atoms with Crippen LogP contribution in [-0.4, -0.2) is 0 Å². The number of rotatable bonds is 5. The van der Waals surface area contributed by atoms with Crippen molar-refractivity contribution >= 4 is 10.8 Å². The Kier molecular flexibility index (Phi) is 4.80. The van der Waals surface area contributed by atoms with E-state index in [1.54, 1.807) is 0 Å². The first-order chi connectivity index (χ1) is 13.2. The van der Waals surface area contributed by atoms with Crippen molar-refractivity contribution in [3.63, 3.8) is 0 Å². The van der Waals surface area contributed by atoms with E-state index in [4.69, 9.17) is 0 Å². The average molecular weight is 359 g/mol. The number of unbranched alkanes of at least 4 members (excludes halogenated alkanes) is 1. The van der Waals surface area contributed by atoms with Crippen LogP contribution >= 0.6 is 0 Å². The summed E-state index contributed by atoms with van der Waals surface area (Å²) in [5, 5.41) is 2.86. The van der Waals surface area contributed by atoms with Gasteiger partial charge in [0, 0.05) is 30.9 Å². The summed E-state index contributed by atoms with van der Waals surface area (Å²) in [6, 6.07) is 18.4. The second-order valence-corrected chi connectivity index (χ2v) is 8.13. The van der Waals surface area contributed by atoms with Crippen LogP contribution in [0.15, 0.2) is 54.7 Å². The number of hydrogen-bond acceptors (Lipinski definition) is 0. The van der Waals surface area contributed by atoms with Crippen LogP contribution in [0.1, 0.15) is 70.4 Å². The first-order valence-corrected chi connectivity index (χ1v) is 10.7. The van der Waals surface area contributed by atoms with Gasteiger partial charge in [0.05, 0.1) is 5.56 Å². The maximum Gasteiger partial charge on any atom is 0.213 e. The van der Waals surface area contributed by atoms with E-state index in [-0.39, 0.29) is 5.54 Å². The molecule has 3 aromatic rings. The number of aryl methyl sites for hydroxylation is 1. The fourth-order valence-electron chi connectivity index (χ4n) is 5.41. The Morgan fingerprint density at radius 1 is 0.889 bits per heavy atom. The summed E-state index contributed by atoms with van der Waals surface area (Å²) in [7, 11) is 0. The summed E-state index contributed by atoms with van der Waals surface area (Å²) in [4.78, 5) is 0. The lowest BCUT2D eigenvalue weighted by Crippen LogP contribution is -2.61. The Hall–Kier alpha value is -2.15. The predicted octanol–water partition coefficient (Wildman–Crippen LogP) is 6.77. The Morgan fingerprint density at radius 2 is 1.70 bits per heavy atom. The molecule has 1 aliphatic heterocycles. The molecule has 0 amide bonds. The van der Waals surface area contributed by atoms with Crippen LogP contribution in [0.2, 0.25) is 0 Å². The van der Waals surface area contributed by atoms with Gasteiger partial charge >= 0.3 is 0 Å². The lowest BCUT2D eigenvalue weighted by atomic mass is 9.70. The Morgan fingerprint density at radius 3 is 2.44 bits per heavy atom. The molecule has 0 N–H and O–H groups in total. The van der Waals surface area contributed by atoms with Crippen molar-refractivity contribution in [1.29, 1.82) is 0 Å². The molecule has 27 heavy (non-hydrogen) atoms. The summed E-state index contributed by atoms with van der Waals surface area (Å²) < 4.78 is 2.58. The van der Waals surface area contributed by atoms with E-state index in [0.29, 0.717) is 5.92 Å². The normalized spacial score (nSPS) is 17.6. The van der Waals surface area contributed by atoms with Gasteiger partial charge in [0.15, 0.2) is 11.7 Å². The molecular weight excluding hydrogens is 326 g/mol. The van der Waals surface area contributed by atoms with Gasteiger partial charge in [-0.3, -0.25) is 0 Å². The van der Waals surface area contributed by atoms with Gasteiger partial charge in [0.1, 0.15) is 0 Å². The maximum atomic E-state index is 2.58. The van der Waals surface area contributed by atoms with Crippen LogP contribution in [0.3, 0.4) is 0 Å². The van der Waals surface area contributed by atoms with Crippen LogP contribution in [0, 0.1) is 0 Å². The van der Waals surface area contributed by atoms with Crippen molar-refractivity contribution in [3.05, 3.63) is 65.9 Å². The number of benzene rings is 2. The van der Waals surface area contributed by atoms with E-state index in [1.165, 1.54) is 52.4 Å². The highest BCUT2D eigenvalue weighted by Crippen LogP contribution is 2.47. The van der Waals surface area contributed by atoms with Gasteiger partial charge in [0.25, 0.3) is 0 Å². The molecule has 0 saturated heterocycles. The molecule has 2 aromatic carbocycles. The smallest absolute Gasteiger partial charge is 0.192 e. The molecule has 0 spiro atoms. The largest absolute Gasteiger partial charge is 0.213 e. The van der Waals surface area contributed by atoms with Gasteiger partial charge in [0.2, 0.25) is 5.69 Å². The molecule has 1 unspecified atom stereocenters. The molecule has 1 atom stereocenters. The molecule has 0 bridgehead atoms. The number of aromatic nitrogens is 1. The Labute approximate surface area is 164 Å². The quantitative estimate of drug-likeness (QED) is 0.443. The maximum absolute atomic E-state index is 2.58. The highest BCUT2D eigenvalue weighted by Gasteiger charge is 2.49. The summed E-state index contributed by atoms with van der Waals surface area (Å²) >= 11 is 0. The summed E-state index contributed by atoms with van der Waals surface area (Å²) in [6.07, 6.45) is 8.28. The van der Waals surface area contributed by atoms with Gasteiger partial charge in [-0.2, -0.15) is 4.57 Å². The fraction of sp³-hybridized carbons (Fsp3) is 0.423. The van der Waals surface area contributed by atoms with Crippen LogP contribution in [0.25, 0.3) is 22.0 Å². The molecule has 2 heterocycles. The second kappa shape index (κ2) is 7.11. The lowest BCUT2D eigenvalue weighted by Gasteiger charge is -2.38. The Balaban J connectivity index is 2.03. The highest BCUT2D eigenvalue weighted by molar-refractivity contribution is 5.99. The van der Waals surface area contributed by atoms with E-state index in [1.807, 2.05) is 0 Å². The SMILES string of the molecule is CCCCc1cccc2c3c(ccc12)C(C)C(CC)(CC)[n+]1ccccc1-3. The highest BCUT2D eigenvalue weighted by atomic mass is 15.1. The summed E-state index contributed by atoms with van der Waals surface area (Å²) in [5.74, 6) is 0.506. The monoisotopic (exact) mass is 358 g/mol. The van der Waals surface area contributed by atoms with Crippen LogP contribution in [0.4, 0.5) is 0 Å². The van der Waals surface area contributed by atoms with E-state index in [2.05, 4.69) is 87.0 Å². The number of pyridine rings is 1. The topological polar surface area (TPSA) is 3.88 Å². The van der Waals surface area contributed by atoms with Gasteiger partial charge in [-0.25, -0.2) is 0 Å². The first kappa shape index (κ1) is 18.2. The first-order valence-electron chi connectivity index (χ1n) is 10.7. The van der Waals surface area contributed by atoms with Gasteiger partial charge in [-0.05, 0) is 40.8 Å². The molecule has 1 aromatic heterocycles. The molecular formula is C26H32N+.